The normalized spacial score (nSPS) is 15.2. The van der Waals surface area contributed by atoms with E-state index >= 15 is 0 Å². The Morgan fingerprint density at radius 2 is 1.60 bits per heavy atom. The van der Waals surface area contributed by atoms with Gasteiger partial charge in [-0.15, -0.1) is 11.8 Å². The Bertz CT molecular complexity index is 1000. The lowest BCUT2D eigenvalue weighted by Crippen LogP contribution is -2.40. The van der Waals surface area contributed by atoms with Gasteiger partial charge >= 0.3 is 0 Å². The van der Waals surface area contributed by atoms with Gasteiger partial charge in [-0.05, 0) is 74.2 Å². The van der Waals surface area contributed by atoms with Gasteiger partial charge in [0.2, 0.25) is 15.9 Å². The molecular weight excluding hydrogens is 420 g/mol. The number of amides is 1. The van der Waals surface area contributed by atoms with Crippen molar-refractivity contribution in [1.29, 1.82) is 0 Å². The summed E-state index contributed by atoms with van der Waals surface area (Å²) in [5, 5.41) is 2.85. The predicted octanol–water partition coefficient (Wildman–Crippen LogP) is 3.67. The SMILES string of the molecule is Cc1cc(C)c(C)c(SCC(=O)Nc2ccc(S(=O)(=O)N3CCOCC3)cc2)c1C. The zero-order valence-electron chi connectivity index (χ0n) is 17.8. The van der Waals surface area contributed by atoms with Crippen LogP contribution in [0.25, 0.3) is 0 Å². The molecule has 0 atom stereocenters. The van der Waals surface area contributed by atoms with E-state index in [0.29, 0.717) is 37.7 Å². The fourth-order valence-electron chi connectivity index (χ4n) is 3.38. The van der Waals surface area contributed by atoms with Gasteiger partial charge in [-0.2, -0.15) is 4.31 Å². The first-order valence-electron chi connectivity index (χ1n) is 9.88. The molecule has 2 aromatic rings. The van der Waals surface area contributed by atoms with Gasteiger partial charge < -0.3 is 10.1 Å². The molecule has 1 N–H and O–H groups in total. The summed E-state index contributed by atoms with van der Waals surface area (Å²) >= 11 is 1.53. The van der Waals surface area contributed by atoms with E-state index in [4.69, 9.17) is 4.74 Å². The minimum Gasteiger partial charge on any atom is -0.379 e. The predicted molar refractivity (Wildman–Crippen MR) is 121 cm³/mol. The van der Waals surface area contributed by atoms with Crippen molar-refractivity contribution in [1.82, 2.24) is 4.31 Å². The molecule has 0 radical (unpaired) electrons. The Morgan fingerprint density at radius 3 is 2.17 bits per heavy atom. The molecule has 1 amide bonds. The number of morpholine rings is 1. The second kappa shape index (κ2) is 9.51. The summed E-state index contributed by atoms with van der Waals surface area (Å²) in [6.07, 6.45) is 0. The van der Waals surface area contributed by atoms with E-state index in [1.807, 2.05) is 0 Å². The lowest BCUT2D eigenvalue weighted by Gasteiger charge is -2.26. The van der Waals surface area contributed by atoms with Crippen molar-refractivity contribution in [3.63, 3.8) is 0 Å². The van der Waals surface area contributed by atoms with E-state index < -0.39 is 10.0 Å². The molecule has 6 nitrogen and oxygen atoms in total. The lowest BCUT2D eigenvalue weighted by molar-refractivity contribution is -0.113. The number of rotatable bonds is 6. The Labute approximate surface area is 183 Å². The van der Waals surface area contributed by atoms with Crippen LogP contribution in [0.5, 0.6) is 0 Å². The van der Waals surface area contributed by atoms with Crippen LogP contribution in [-0.2, 0) is 19.6 Å². The van der Waals surface area contributed by atoms with Crippen molar-refractivity contribution in [3.8, 4) is 0 Å². The molecule has 8 heteroatoms. The monoisotopic (exact) mass is 448 g/mol. The molecule has 1 aliphatic rings. The molecule has 162 valence electrons. The first-order valence-corrected chi connectivity index (χ1v) is 12.3. The number of hydrogen-bond acceptors (Lipinski definition) is 5. The molecule has 3 rings (SSSR count). The molecular formula is C22H28N2O4S2. The summed E-state index contributed by atoms with van der Waals surface area (Å²) in [6, 6.07) is 8.49. The highest BCUT2D eigenvalue weighted by atomic mass is 32.2. The van der Waals surface area contributed by atoms with E-state index in [9.17, 15) is 13.2 Å². The molecule has 0 saturated carbocycles. The molecule has 1 saturated heterocycles. The van der Waals surface area contributed by atoms with Crippen LogP contribution in [0.1, 0.15) is 22.3 Å². The maximum Gasteiger partial charge on any atom is 0.243 e. The number of aryl methyl sites for hydroxylation is 2. The van der Waals surface area contributed by atoms with Crippen LogP contribution in [0.4, 0.5) is 5.69 Å². The number of ether oxygens (including phenoxy) is 1. The van der Waals surface area contributed by atoms with E-state index in [-0.39, 0.29) is 10.8 Å². The molecule has 2 aromatic carbocycles. The average molecular weight is 449 g/mol. The topological polar surface area (TPSA) is 75.7 Å². The summed E-state index contributed by atoms with van der Waals surface area (Å²) < 4.78 is 32.0. The highest BCUT2D eigenvalue weighted by Gasteiger charge is 2.26. The Hall–Kier alpha value is -1.87. The van der Waals surface area contributed by atoms with Crippen molar-refractivity contribution in [2.75, 3.05) is 37.4 Å². The number of sulfonamides is 1. The van der Waals surface area contributed by atoms with Crippen LogP contribution >= 0.6 is 11.8 Å². The van der Waals surface area contributed by atoms with Crippen LogP contribution in [0.3, 0.4) is 0 Å². The van der Waals surface area contributed by atoms with Crippen LogP contribution < -0.4 is 5.32 Å². The van der Waals surface area contributed by atoms with Gasteiger partial charge in [-0.3, -0.25) is 4.79 Å². The van der Waals surface area contributed by atoms with Crippen LogP contribution in [0.2, 0.25) is 0 Å². The number of nitrogens with one attached hydrogen (secondary N) is 1. The Balaban J connectivity index is 1.63. The summed E-state index contributed by atoms with van der Waals surface area (Å²) in [4.78, 5) is 13.8. The van der Waals surface area contributed by atoms with Gasteiger partial charge in [-0.1, -0.05) is 6.07 Å². The van der Waals surface area contributed by atoms with Crippen molar-refractivity contribution < 1.29 is 17.9 Å². The van der Waals surface area contributed by atoms with E-state index in [1.54, 1.807) is 12.1 Å². The maximum atomic E-state index is 12.7. The van der Waals surface area contributed by atoms with Gasteiger partial charge in [0.15, 0.2) is 0 Å². The molecule has 0 bridgehead atoms. The van der Waals surface area contributed by atoms with E-state index in [1.165, 1.54) is 50.5 Å². The van der Waals surface area contributed by atoms with Crippen molar-refractivity contribution in [2.45, 2.75) is 37.5 Å². The molecule has 1 fully saturated rings. The molecule has 30 heavy (non-hydrogen) atoms. The highest BCUT2D eigenvalue weighted by molar-refractivity contribution is 8.00. The van der Waals surface area contributed by atoms with Crippen molar-refractivity contribution in [3.05, 3.63) is 52.6 Å². The van der Waals surface area contributed by atoms with Gasteiger partial charge in [0, 0.05) is 23.7 Å². The molecule has 1 heterocycles. The standard InChI is InChI=1S/C22H28N2O4S2/c1-15-13-16(2)18(4)22(17(15)3)29-14-21(25)23-19-5-7-20(8-6-19)30(26,27)24-9-11-28-12-10-24/h5-8,13H,9-12,14H2,1-4H3,(H,23,25). The molecule has 0 spiro atoms. The zero-order valence-corrected chi connectivity index (χ0v) is 19.5. The first-order chi connectivity index (χ1) is 14.2. The Kier molecular flexibility index (Phi) is 7.23. The fourth-order valence-corrected chi connectivity index (χ4v) is 5.89. The third kappa shape index (κ3) is 5.06. The van der Waals surface area contributed by atoms with Crippen molar-refractivity contribution in [2.24, 2.45) is 0 Å². The van der Waals surface area contributed by atoms with Gasteiger partial charge in [0.25, 0.3) is 0 Å². The van der Waals surface area contributed by atoms with Crippen LogP contribution in [0.15, 0.2) is 40.1 Å². The second-order valence-electron chi connectivity index (χ2n) is 7.47. The Morgan fingerprint density at radius 1 is 1.03 bits per heavy atom. The number of benzene rings is 2. The van der Waals surface area contributed by atoms with Crippen molar-refractivity contribution >= 4 is 33.4 Å². The molecule has 0 aromatic heterocycles. The third-order valence-corrected chi connectivity index (χ3v) is 8.61. The zero-order chi connectivity index (χ0) is 21.9. The summed E-state index contributed by atoms with van der Waals surface area (Å²) in [7, 11) is -3.53. The largest absolute Gasteiger partial charge is 0.379 e. The number of anilines is 1. The maximum absolute atomic E-state index is 12.7. The number of carbonyl (C=O) groups excluding carboxylic acids is 1. The summed E-state index contributed by atoms with van der Waals surface area (Å²) in [6.45, 7) is 9.85. The number of thioether (sulfide) groups is 1. The molecule has 0 aliphatic carbocycles. The molecule has 1 aliphatic heterocycles. The van der Waals surface area contributed by atoms with Gasteiger partial charge in [-0.25, -0.2) is 8.42 Å². The average Bonchev–Trinajstić information content (AvgIpc) is 2.73. The van der Waals surface area contributed by atoms with E-state index in [2.05, 4.69) is 39.1 Å². The third-order valence-electron chi connectivity index (χ3n) is 5.39. The van der Waals surface area contributed by atoms with Crippen LogP contribution in [-0.4, -0.2) is 50.7 Å². The minimum absolute atomic E-state index is 0.123. The highest BCUT2D eigenvalue weighted by Crippen LogP contribution is 2.31. The number of carbonyl (C=O) groups is 1. The lowest BCUT2D eigenvalue weighted by atomic mass is 10.0. The molecule has 0 unspecified atom stereocenters. The quantitative estimate of drug-likeness (QED) is 0.683. The summed E-state index contributed by atoms with van der Waals surface area (Å²) in [5.41, 5.74) is 5.42. The van der Waals surface area contributed by atoms with Gasteiger partial charge in [0.05, 0.1) is 23.9 Å². The van der Waals surface area contributed by atoms with Crippen LogP contribution in [0, 0.1) is 27.7 Å². The van der Waals surface area contributed by atoms with E-state index in [0.717, 1.165) is 4.90 Å². The van der Waals surface area contributed by atoms with Gasteiger partial charge in [0.1, 0.15) is 0 Å². The minimum atomic E-state index is -3.53. The second-order valence-corrected chi connectivity index (χ2v) is 10.4. The number of nitrogens with zero attached hydrogens (tertiary/aromatic N) is 1. The fraction of sp³-hybridized carbons (Fsp3) is 0.409. The number of hydrogen-bond donors (Lipinski definition) is 1. The first kappa shape index (κ1) is 22.8. The smallest absolute Gasteiger partial charge is 0.243 e. The summed E-state index contributed by atoms with van der Waals surface area (Å²) in [5.74, 6) is 0.167.